The monoisotopic (exact) mass is 247 g/mol. The zero-order valence-corrected chi connectivity index (χ0v) is 11.5. The minimum atomic E-state index is 0.169. The van der Waals surface area contributed by atoms with Gasteiger partial charge in [-0.1, -0.05) is 20.8 Å². The Hall–Kier alpha value is -1.35. The van der Waals surface area contributed by atoms with E-state index in [0.29, 0.717) is 0 Å². The number of thiazole rings is 1. The highest BCUT2D eigenvalue weighted by atomic mass is 32.1. The van der Waals surface area contributed by atoms with Crippen LogP contribution in [-0.2, 0) is 5.41 Å². The fourth-order valence-electron chi connectivity index (χ4n) is 1.49. The average molecular weight is 247 g/mol. The van der Waals surface area contributed by atoms with Gasteiger partial charge in [0.1, 0.15) is 10.8 Å². The standard InChI is InChI=1S/C14H17NOS/c1-14(2,3)12-9-15-13(17-12)10-5-7-11(16-4)8-6-10/h5-9H,1-4H3. The van der Waals surface area contributed by atoms with Crippen molar-refractivity contribution < 1.29 is 4.74 Å². The van der Waals surface area contributed by atoms with Crippen molar-refractivity contribution in [3.8, 4) is 16.3 Å². The van der Waals surface area contributed by atoms with Gasteiger partial charge in [-0.05, 0) is 29.7 Å². The summed E-state index contributed by atoms with van der Waals surface area (Å²) < 4.78 is 5.15. The molecule has 0 fully saturated rings. The molecule has 0 aliphatic carbocycles. The summed E-state index contributed by atoms with van der Waals surface area (Å²) in [4.78, 5) is 5.79. The van der Waals surface area contributed by atoms with Crippen molar-refractivity contribution in [2.24, 2.45) is 0 Å². The molecule has 0 unspecified atom stereocenters. The molecule has 1 heterocycles. The number of ether oxygens (including phenoxy) is 1. The molecule has 0 aliphatic rings. The highest BCUT2D eigenvalue weighted by molar-refractivity contribution is 7.15. The average Bonchev–Trinajstić information content (AvgIpc) is 2.78. The van der Waals surface area contributed by atoms with Crippen molar-refractivity contribution in [3.63, 3.8) is 0 Å². The fraction of sp³-hybridized carbons (Fsp3) is 0.357. The Morgan fingerprint density at radius 2 is 1.76 bits per heavy atom. The van der Waals surface area contributed by atoms with Crippen LogP contribution in [0.4, 0.5) is 0 Å². The van der Waals surface area contributed by atoms with Crippen molar-refractivity contribution in [2.45, 2.75) is 26.2 Å². The molecule has 1 aromatic carbocycles. The van der Waals surface area contributed by atoms with Crippen molar-refractivity contribution >= 4 is 11.3 Å². The number of rotatable bonds is 2. The van der Waals surface area contributed by atoms with Gasteiger partial charge in [0.15, 0.2) is 0 Å². The highest BCUT2D eigenvalue weighted by Crippen LogP contribution is 2.33. The molecule has 0 atom stereocenters. The Balaban J connectivity index is 2.30. The molecule has 0 N–H and O–H groups in total. The van der Waals surface area contributed by atoms with Crippen LogP contribution in [0.3, 0.4) is 0 Å². The van der Waals surface area contributed by atoms with Gasteiger partial charge in [0.05, 0.1) is 7.11 Å². The molecule has 0 amide bonds. The summed E-state index contributed by atoms with van der Waals surface area (Å²) in [7, 11) is 1.68. The summed E-state index contributed by atoms with van der Waals surface area (Å²) >= 11 is 1.75. The maximum Gasteiger partial charge on any atom is 0.123 e. The molecule has 2 nitrogen and oxygen atoms in total. The largest absolute Gasteiger partial charge is 0.497 e. The molecule has 3 heteroatoms. The molecule has 17 heavy (non-hydrogen) atoms. The fourth-order valence-corrected chi connectivity index (χ4v) is 2.47. The number of hydrogen-bond donors (Lipinski definition) is 0. The van der Waals surface area contributed by atoms with Crippen molar-refractivity contribution in [2.75, 3.05) is 7.11 Å². The van der Waals surface area contributed by atoms with Gasteiger partial charge in [-0.25, -0.2) is 4.98 Å². The molecule has 2 rings (SSSR count). The lowest BCUT2D eigenvalue weighted by Gasteiger charge is -2.14. The predicted molar refractivity (Wildman–Crippen MR) is 72.8 cm³/mol. The second-order valence-electron chi connectivity index (χ2n) is 5.01. The van der Waals surface area contributed by atoms with Gasteiger partial charge in [0.25, 0.3) is 0 Å². The van der Waals surface area contributed by atoms with E-state index in [1.165, 1.54) is 4.88 Å². The third-order valence-corrected chi connectivity index (χ3v) is 4.05. The number of aromatic nitrogens is 1. The Labute approximate surface area is 106 Å². The Morgan fingerprint density at radius 3 is 2.24 bits per heavy atom. The maximum atomic E-state index is 5.15. The molecule has 0 saturated carbocycles. The quantitative estimate of drug-likeness (QED) is 0.796. The molecule has 0 radical (unpaired) electrons. The lowest BCUT2D eigenvalue weighted by Crippen LogP contribution is -2.07. The summed E-state index contributed by atoms with van der Waals surface area (Å²) in [6.45, 7) is 6.62. The zero-order chi connectivity index (χ0) is 12.5. The molecule has 0 aliphatic heterocycles. The van der Waals surface area contributed by atoms with Gasteiger partial charge >= 0.3 is 0 Å². The lowest BCUT2D eigenvalue weighted by atomic mass is 9.96. The highest BCUT2D eigenvalue weighted by Gasteiger charge is 2.17. The van der Waals surface area contributed by atoms with Gasteiger partial charge in [0, 0.05) is 16.6 Å². The lowest BCUT2D eigenvalue weighted by molar-refractivity contribution is 0.415. The van der Waals surface area contributed by atoms with Crippen molar-refractivity contribution in [3.05, 3.63) is 35.3 Å². The molecule has 2 aromatic rings. The van der Waals surface area contributed by atoms with E-state index in [9.17, 15) is 0 Å². The topological polar surface area (TPSA) is 22.1 Å². The van der Waals surface area contributed by atoms with E-state index in [2.05, 4.69) is 25.8 Å². The SMILES string of the molecule is COc1ccc(-c2ncc(C(C)(C)C)s2)cc1. The number of benzene rings is 1. The van der Waals surface area contributed by atoms with Gasteiger partial charge in [-0.3, -0.25) is 0 Å². The summed E-state index contributed by atoms with van der Waals surface area (Å²) in [6, 6.07) is 8.02. The smallest absolute Gasteiger partial charge is 0.123 e. The molecule has 1 aromatic heterocycles. The first-order valence-corrected chi connectivity index (χ1v) is 6.43. The van der Waals surface area contributed by atoms with E-state index in [4.69, 9.17) is 4.74 Å². The first-order valence-electron chi connectivity index (χ1n) is 5.61. The summed E-state index contributed by atoms with van der Waals surface area (Å²) in [6.07, 6.45) is 1.98. The van der Waals surface area contributed by atoms with Crippen LogP contribution in [0.1, 0.15) is 25.6 Å². The molecular weight excluding hydrogens is 230 g/mol. The number of hydrogen-bond acceptors (Lipinski definition) is 3. The summed E-state index contributed by atoms with van der Waals surface area (Å²) in [5.41, 5.74) is 1.31. The molecule has 90 valence electrons. The van der Waals surface area contributed by atoms with Crippen molar-refractivity contribution in [1.29, 1.82) is 0 Å². The van der Waals surface area contributed by atoms with E-state index < -0.39 is 0 Å². The molecule has 0 bridgehead atoms. The second-order valence-corrected chi connectivity index (χ2v) is 6.04. The van der Waals surface area contributed by atoms with Gasteiger partial charge < -0.3 is 4.74 Å². The number of methoxy groups -OCH3 is 1. The molecule has 0 saturated heterocycles. The molecular formula is C14H17NOS. The van der Waals surface area contributed by atoms with E-state index in [1.54, 1.807) is 18.4 Å². The van der Waals surface area contributed by atoms with E-state index in [0.717, 1.165) is 16.3 Å². The van der Waals surface area contributed by atoms with Crippen LogP contribution < -0.4 is 4.74 Å². The third-order valence-electron chi connectivity index (χ3n) is 2.58. The predicted octanol–water partition coefficient (Wildman–Crippen LogP) is 4.12. The van der Waals surface area contributed by atoms with Crippen LogP contribution in [0.15, 0.2) is 30.5 Å². The Morgan fingerprint density at radius 1 is 1.12 bits per heavy atom. The van der Waals surface area contributed by atoms with Crippen LogP contribution in [0.5, 0.6) is 5.75 Å². The van der Waals surface area contributed by atoms with Crippen LogP contribution in [-0.4, -0.2) is 12.1 Å². The normalized spacial score (nSPS) is 11.5. The van der Waals surface area contributed by atoms with Crippen LogP contribution >= 0.6 is 11.3 Å². The number of nitrogens with zero attached hydrogens (tertiary/aromatic N) is 1. The molecule has 0 spiro atoms. The van der Waals surface area contributed by atoms with Gasteiger partial charge in [0.2, 0.25) is 0 Å². The summed E-state index contributed by atoms with van der Waals surface area (Å²) in [5.74, 6) is 0.876. The third kappa shape index (κ3) is 2.67. The zero-order valence-electron chi connectivity index (χ0n) is 10.7. The Bertz CT molecular complexity index is 494. The van der Waals surface area contributed by atoms with Crippen LogP contribution in [0.2, 0.25) is 0 Å². The van der Waals surface area contributed by atoms with E-state index in [1.807, 2.05) is 30.5 Å². The summed E-state index contributed by atoms with van der Waals surface area (Å²) in [5, 5.41) is 1.07. The second kappa shape index (κ2) is 4.49. The van der Waals surface area contributed by atoms with Gasteiger partial charge in [-0.2, -0.15) is 0 Å². The first-order chi connectivity index (χ1) is 8.00. The minimum absolute atomic E-state index is 0.169. The Kier molecular flexibility index (Phi) is 3.20. The van der Waals surface area contributed by atoms with E-state index >= 15 is 0 Å². The van der Waals surface area contributed by atoms with Crippen LogP contribution in [0, 0.1) is 0 Å². The van der Waals surface area contributed by atoms with Gasteiger partial charge in [-0.15, -0.1) is 11.3 Å². The minimum Gasteiger partial charge on any atom is -0.497 e. The van der Waals surface area contributed by atoms with Crippen LogP contribution in [0.25, 0.3) is 10.6 Å². The van der Waals surface area contributed by atoms with E-state index in [-0.39, 0.29) is 5.41 Å². The van der Waals surface area contributed by atoms with Crippen molar-refractivity contribution in [1.82, 2.24) is 4.98 Å². The first kappa shape index (κ1) is 12.1. The maximum absolute atomic E-state index is 5.15.